The average Bonchev–Trinajstić information content (AvgIpc) is 2.45. The van der Waals surface area contributed by atoms with Gasteiger partial charge < -0.3 is 16.0 Å². The van der Waals surface area contributed by atoms with Gasteiger partial charge in [0.05, 0.1) is 23.4 Å². The lowest BCUT2D eigenvalue weighted by molar-refractivity contribution is -0.116. The predicted molar refractivity (Wildman–Crippen MR) is 81.0 cm³/mol. The van der Waals surface area contributed by atoms with Gasteiger partial charge in [-0.1, -0.05) is 19.1 Å². The predicted octanol–water partition coefficient (Wildman–Crippen LogP) is 2.08. The second-order valence-electron chi connectivity index (χ2n) is 4.81. The van der Waals surface area contributed by atoms with Crippen molar-refractivity contribution >= 4 is 17.3 Å². The van der Waals surface area contributed by atoms with Crippen LogP contribution in [0.3, 0.4) is 0 Å². The van der Waals surface area contributed by atoms with E-state index in [4.69, 9.17) is 11.0 Å². The molecule has 108 valence electrons. The number of amides is 1. The lowest BCUT2D eigenvalue weighted by atomic mass is 10.2. The summed E-state index contributed by atoms with van der Waals surface area (Å²) in [4.78, 5) is 14.0. The van der Waals surface area contributed by atoms with E-state index in [1.165, 1.54) is 0 Å². The highest BCUT2D eigenvalue weighted by Gasteiger charge is 2.11. The number of hydrogen-bond donors (Lipinski definition) is 2. The van der Waals surface area contributed by atoms with Crippen LogP contribution in [0.4, 0.5) is 11.4 Å². The van der Waals surface area contributed by atoms with E-state index in [1.807, 2.05) is 26.0 Å². The van der Waals surface area contributed by atoms with Crippen molar-refractivity contribution in [2.24, 2.45) is 5.92 Å². The van der Waals surface area contributed by atoms with Crippen LogP contribution in [0.25, 0.3) is 0 Å². The maximum absolute atomic E-state index is 11.9. The Bertz CT molecular complexity index is 481. The molecule has 1 atom stereocenters. The van der Waals surface area contributed by atoms with Gasteiger partial charge in [0.1, 0.15) is 0 Å². The van der Waals surface area contributed by atoms with Crippen molar-refractivity contribution in [2.45, 2.75) is 20.3 Å². The van der Waals surface area contributed by atoms with E-state index in [2.05, 4.69) is 16.3 Å². The highest BCUT2D eigenvalue weighted by atomic mass is 16.1. The molecular formula is C15H22N4O. The number of nitrogens with two attached hydrogens (primary N) is 1. The summed E-state index contributed by atoms with van der Waals surface area (Å²) in [5.41, 5.74) is 6.98. The lowest BCUT2D eigenvalue weighted by Crippen LogP contribution is -2.31. The van der Waals surface area contributed by atoms with Gasteiger partial charge in [0, 0.05) is 19.5 Å². The van der Waals surface area contributed by atoms with Gasteiger partial charge in [-0.2, -0.15) is 5.26 Å². The van der Waals surface area contributed by atoms with Gasteiger partial charge in [0.15, 0.2) is 0 Å². The Kier molecular flexibility index (Phi) is 6.54. The van der Waals surface area contributed by atoms with Gasteiger partial charge >= 0.3 is 0 Å². The van der Waals surface area contributed by atoms with Crippen molar-refractivity contribution in [1.29, 1.82) is 5.26 Å². The fraction of sp³-hybridized carbons (Fsp3) is 0.467. The quantitative estimate of drug-likeness (QED) is 0.746. The van der Waals surface area contributed by atoms with Gasteiger partial charge in [-0.25, -0.2) is 0 Å². The number of nitriles is 1. The Labute approximate surface area is 120 Å². The molecule has 0 aromatic heterocycles. The normalized spacial score (nSPS) is 11.9. The monoisotopic (exact) mass is 274 g/mol. The second kappa shape index (κ2) is 8.18. The summed E-state index contributed by atoms with van der Waals surface area (Å²) < 4.78 is 0. The minimum absolute atomic E-state index is 0.0252. The number of rotatable bonds is 7. The van der Waals surface area contributed by atoms with Crippen LogP contribution in [0.2, 0.25) is 0 Å². The van der Waals surface area contributed by atoms with E-state index in [-0.39, 0.29) is 11.8 Å². The van der Waals surface area contributed by atoms with Gasteiger partial charge in [-0.3, -0.25) is 4.79 Å². The molecular weight excluding hydrogens is 252 g/mol. The molecule has 0 bridgehead atoms. The summed E-state index contributed by atoms with van der Waals surface area (Å²) in [5, 5.41) is 11.6. The number of carbonyl (C=O) groups excluding carboxylic acids is 1. The van der Waals surface area contributed by atoms with Crippen molar-refractivity contribution in [2.75, 3.05) is 30.7 Å². The van der Waals surface area contributed by atoms with E-state index < -0.39 is 0 Å². The fourth-order valence-corrected chi connectivity index (χ4v) is 1.89. The maximum atomic E-state index is 11.9. The molecule has 0 heterocycles. The molecule has 0 radical (unpaired) electrons. The van der Waals surface area contributed by atoms with Crippen molar-refractivity contribution in [3.63, 3.8) is 0 Å². The molecule has 1 amide bonds. The van der Waals surface area contributed by atoms with Crippen LogP contribution in [-0.4, -0.2) is 30.4 Å². The maximum Gasteiger partial charge on any atom is 0.225 e. The zero-order valence-corrected chi connectivity index (χ0v) is 12.1. The summed E-state index contributed by atoms with van der Waals surface area (Å²) >= 11 is 0. The van der Waals surface area contributed by atoms with Gasteiger partial charge in [0.25, 0.3) is 0 Å². The van der Waals surface area contributed by atoms with E-state index >= 15 is 0 Å². The molecule has 5 heteroatoms. The zero-order chi connectivity index (χ0) is 15.0. The summed E-state index contributed by atoms with van der Waals surface area (Å²) in [6.45, 7) is 6.06. The van der Waals surface area contributed by atoms with E-state index in [0.29, 0.717) is 30.9 Å². The molecule has 0 saturated heterocycles. The molecule has 0 aliphatic rings. The molecule has 5 nitrogen and oxygen atoms in total. The minimum Gasteiger partial charge on any atom is -0.397 e. The minimum atomic E-state index is -0.0639. The number of benzene rings is 1. The molecule has 20 heavy (non-hydrogen) atoms. The zero-order valence-electron chi connectivity index (χ0n) is 12.1. The Balaban J connectivity index is 2.43. The summed E-state index contributed by atoms with van der Waals surface area (Å²) in [7, 11) is 0. The first kappa shape index (κ1) is 16.0. The smallest absolute Gasteiger partial charge is 0.225 e. The average molecular weight is 274 g/mol. The summed E-state index contributed by atoms with van der Waals surface area (Å²) in [5.74, 6) is -0.0891. The van der Waals surface area contributed by atoms with Crippen LogP contribution in [0, 0.1) is 17.2 Å². The molecule has 0 aliphatic carbocycles. The number of carbonyl (C=O) groups is 1. The number of nitrogens with one attached hydrogen (secondary N) is 1. The lowest BCUT2D eigenvalue weighted by Gasteiger charge is -2.21. The number of nitrogens with zero attached hydrogens (tertiary/aromatic N) is 2. The second-order valence-corrected chi connectivity index (χ2v) is 4.81. The first-order chi connectivity index (χ1) is 9.56. The van der Waals surface area contributed by atoms with E-state index in [0.717, 1.165) is 6.54 Å². The number of hydrogen-bond acceptors (Lipinski definition) is 4. The van der Waals surface area contributed by atoms with Crippen molar-refractivity contribution in [3.8, 4) is 6.07 Å². The summed E-state index contributed by atoms with van der Waals surface area (Å²) in [6.07, 6.45) is 0.389. The van der Waals surface area contributed by atoms with Crippen LogP contribution < -0.4 is 11.1 Å². The third-order valence-electron chi connectivity index (χ3n) is 3.09. The van der Waals surface area contributed by atoms with E-state index in [1.54, 1.807) is 12.1 Å². The molecule has 0 spiro atoms. The van der Waals surface area contributed by atoms with Gasteiger partial charge in [-0.15, -0.1) is 0 Å². The van der Waals surface area contributed by atoms with Crippen molar-refractivity contribution in [1.82, 2.24) is 4.90 Å². The first-order valence-corrected chi connectivity index (χ1v) is 6.83. The molecule has 1 unspecified atom stereocenters. The molecule has 1 aromatic carbocycles. The van der Waals surface area contributed by atoms with Crippen molar-refractivity contribution in [3.05, 3.63) is 24.3 Å². The highest BCUT2D eigenvalue weighted by Crippen LogP contribution is 2.16. The van der Waals surface area contributed by atoms with Gasteiger partial charge in [-0.05, 0) is 25.6 Å². The number of anilines is 2. The van der Waals surface area contributed by atoms with Crippen LogP contribution in [-0.2, 0) is 4.79 Å². The Morgan fingerprint density at radius 1 is 1.50 bits per heavy atom. The Morgan fingerprint density at radius 3 is 2.80 bits per heavy atom. The largest absolute Gasteiger partial charge is 0.397 e. The van der Waals surface area contributed by atoms with Crippen molar-refractivity contribution < 1.29 is 4.79 Å². The standard InChI is InChI=1S/C15H22N4O/c1-3-19(11-12(2)10-16)9-8-15(20)18-14-7-5-4-6-13(14)17/h4-7,12H,3,8-9,11,17H2,1-2H3,(H,18,20). The van der Waals surface area contributed by atoms with Crippen LogP contribution in [0.1, 0.15) is 20.3 Å². The SMILES string of the molecule is CCN(CCC(=O)Nc1ccccc1N)CC(C)C#N. The third-order valence-corrected chi connectivity index (χ3v) is 3.09. The Hall–Kier alpha value is -2.06. The van der Waals surface area contributed by atoms with Crippen LogP contribution in [0.15, 0.2) is 24.3 Å². The summed E-state index contributed by atoms with van der Waals surface area (Å²) in [6, 6.07) is 9.40. The topological polar surface area (TPSA) is 82.2 Å². The Morgan fingerprint density at radius 2 is 2.20 bits per heavy atom. The third kappa shape index (κ3) is 5.29. The number of para-hydroxylation sites is 2. The number of nitrogen functional groups attached to an aromatic ring is 1. The van der Waals surface area contributed by atoms with Crippen LogP contribution >= 0.6 is 0 Å². The molecule has 3 N–H and O–H groups in total. The highest BCUT2D eigenvalue weighted by molar-refractivity contribution is 5.93. The van der Waals surface area contributed by atoms with E-state index in [9.17, 15) is 4.79 Å². The molecule has 1 aromatic rings. The molecule has 1 rings (SSSR count). The molecule has 0 saturated carbocycles. The van der Waals surface area contributed by atoms with Gasteiger partial charge in [0.2, 0.25) is 5.91 Å². The molecule has 0 aliphatic heterocycles. The van der Waals surface area contributed by atoms with Crippen LogP contribution in [0.5, 0.6) is 0 Å². The first-order valence-electron chi connectivity index (χ1n) is 6.83. The fourth-order valence-electron chi connectivity index (χ4n) is 1.89. The molecule has 0 fully saturated rings.